The molecule has 64 valence electrons. The van der Waals surface area contributed by atoms with Gasteiger partial charge in [0, 0.05) is 22.6 Å². The molecule has 0 bridgehead atoms. The molecule has 0 aliphatic carbocycles. The summed E-state index contributed by atoms with van der Waals surface area (Å²) in [5, 5.41) is 3.41. The van der Waals surface area contributed by atoms with E-state index in [9.17, 15) is 0 Å². The lowest BCUT2D eigenvalue weighted by Gasteiger charge is -2.05. The number of benzene rings is 1. The van der Waals surface area contributed by atoms with E-state index in [1.54, 1.807) is 0 Å². The topological polar surface area (TPSA) is 12.0 Å². The molecule has 1 aliphatic rings. The molecule has 1 heterocycles. The van der Waals surface area contributed by atoms with Gasteiger partial charge in [0.05, 0.1) is 0 Å². The van der Waals surface area contributed by atoms with Gasteiger partial charge in [0.2, 0.25) is 0 Å². The summed E-state index contributed by atoms with van der Waals surface area (Å²) in [7, 11) is 0. The molecule has 0 unspecified atom stereocenters. The Kier molecular flexibility index (Phi) is 2.09. The molecule has 1 aromatic carbocycles. The van der Waals surface area contributed by atoms with Crippen LogP contribution in [0, 0.1) is 0 Å². The Hall–Kier alpha value is -0.500. The largest absolute Gasteiger partial charge is 0.384 e. The lowest BCUT2D eigenvalue weighted by atomic mass is 9.99. The fraction of sp³-hybridized carbons (Fsp3) is 0.400. The summed E-state index contributed by atoms with van der Waals surface area (Å²) in [6.07, 6.45) is 1.22. The Balaban J connectivity index is 2.42. The second-order valence-corrected chi connectivity index (χ2v) is 4.13. The van der Waals surface area contributed by atoms with Gasteiger partial charge in [-0.1, -0.05) is 22.9 Å². The van der Waals surface area contributed by atoms with Crippen LogP contribution in [0.5, 0.6) is 0 Å². The number of hydrogen-bond donors (Lipinski definition) is 1. The zero-order valence-corrected chi connectivity index (χ0v) is 8.69. The van der Waals surface area contributed by atoms with Gasteiger partial charge in [0.15, 0.2) is 0 Å². The van der Waals surface area contributed by atoms with Crippen LogP contribution in [0.25, 0.3) is 0 Å². The molecule has 1 aromatic rings. The molecule has 1 atom stereocenters. The molecule has 1 nitrogen and oxygen atoms in total. The van der Waals surface area contributed by atoms with E-state index in [0.717, 1.165) is 6.54 Å². The third-order valence-electron chi connectivity index (χ3n) is 2.49. The first-order valence-corrected chi connectivity index (χ1v) is 5.14. The van der Waals surface area contributed by atoms with E-state index >= 15 is 0 Å². The molecule has 0 saturated carbocycles. The van der Waals surface area contributed by atoms with Gasteiger partial charge in [-0.2, -0.15) is 0 Å². The average Bonchev–Trinajstić information content (AvgIpc) is 2.46. The fourth-order valence-corrected chi connectivity index (χ4v) is 2.12. The van der Waals surface area contributed by atoms with Crippen LogP contribution < -0.4 is 5.32 Å². The van der Waals surface area contributed by atoms with E-state index in [0.29, 0.717) is 5.92 Å². The maximum atomic E-state index is 3.49. The van der Waals surface area contributed by atoms with Gasteiger partial charge in [-0.05, 0) is 30.2 Å². The van der Waals surface area contributed by atoms with Crippen molar-refractivity contribution in [1.29, 1.82) is 0 Å². The van der Waals surface area contributed by atoms with Crippen LogP contribution in [0.1, 0.15) is 24.8 Å². The zero-order chi connectivity index (χ0) is 8.55. The molecule has 2 rings (SSSR count). The van der Waals surface area contributed by atoms with Gasteiger partial charge in [-0.3, -0.25) is 0 Å². The highest BCUT2D eigenvalue weighted by molar-refractivity contribution is 9.10. The Morgan fingerprint density at radius 2 is 2.42 bits per heavy atom. The van der Waals surface area contributed by atoms with Crippen molar-refractivity contribution in [2.45, 2.75) is 19.3 Å². The first kappa shape index (κ1) is 8.11. The van der Waals surface area contributed by atoms with Gasteiger partial charge in [0.25, 0.3) is 0 Å². The van der Waals surface area contributed by atoms with Crippen LogP contribution in [0.3, 0.4) is 0 Å². The van der Waals surface area contributed by atoms with Crippen molar-refractivity contribution < 1.29 is 0 Å². The van der Waals surface area contributed by atoms with E-state index in [-0.39, 0.29) is 0 Å². The van der Waals surface area contributed by atoms with Crippen molar-refractivity contribution in [2.24, 2.45) is 0 Å². The fourth-order valence-electron chi connectivity index (χ4n) is 1.74. The minimum absolute atomic E-state index is 0.706. The van der Waals surface area contributed by atoms with Gasteiger partial charge >= 0.3 is 0 Å². The SMILES string of the molecule is CC[C@H]1CNc2ccc(Br)cc21. The Labute approximate surface area is 81.3 Å². The lowest BCUT2D eigenvalue weighted by Crippen LogP contribution is -1.99. The highest BCUT2D eigenvalue weighted by Gasteiger charge is 2.19. The zero-order valence-electron chi connectivity index (χ0n) is 7.10. The summed E-state index contributed by atoms with van der Waals surface area (Å²) in [6.45, 7) is 3.34. The number of rotatable bonds is 1. The van der Waals surface area contributed by atoms with Crippen LogP contribution >= 0.6 is 15.9 Å². The first-order chi connectivity index (χ1) is 5.81. The van der Waals surface area contributed by atoms with Crippen molar-refractivity contribution in [3.63, 3.8) is 0 Å². The van der Waals surface area contributed by atoms with E-state index in [4.69, 9.17) is 0 Å². The Morgan fingerprint density at radius 1 is 1.58 bits per heavy atom. The normalized spacial score (nSPS) is 20.3. The molecular formula is C10H12BrN. The predicted octanol–water partition coefficient (Wildman–Crippen LogP) is 3.37. The second-order valence-electron chi connectivity index (χ2n) is 3.22. The highest BCUT2D eigenvalue weighted by Crippen LogP contribution is 2.34. The van der Waals surface area contributed by atoms with Crippen molar-refractivity contribution in [3.05, 3.63) is 28.2 Å². The molecule has 1 N–H and O–H groups in total. The van der Waals surface area contributed by atoms with Crippen LogP contribution in [-0.4, -0.2) is 6.54 Å². The van der Waals surface area contributed by atoms with Gasteiger partial charge in [-0.15, -0.1) is 0 Å². The van der Waals surface area contributed by atoms with E-state index < -0.39 is 0 Å². The van der Waals surface area contributed by atoms with Gasteiger partial charge in [-0.25, -0.2) is 0 Å². The van der Waals surface area contributed by atoms with Crippen molar-refractivity contribution in [3.8, 4) is 0 Å². The van der Waals surface area contributed by atoms with Crippen molar-refractivity contribution in [2.75, 3.05) is 11.9 Å². The highest BCUT2D eigenvalue weighted by atomic mass is 79.9. The van der Waals surface area contributed by atoms with Crippen LogP contribution in [0.15, 0.2) is 22.7 Å². The van der Waals surface area contributed by atoms with Gasteiger partial charge < -0.3 is 5.32 Å². The molecule has 0 fully saturated rings. The summed E-state index contributed by atoms with van der Waals surface area (Å²) in [6, 6.07) is 6.46. The molecule has 1 aliphatic heterocycles. The number of hydrogen-bond acceptors (Lipinski definition) is 1. The standard InChI is InChI=1S/C10H12BrN/c1-2-7-6-12-10-4-3-8(11)5-9(7)10/h3-5,7,12H,2,6H2,1H3/t7-/m0/s1. The number of anilines is 1. The van der Waals surface area contributed by atoms with Gasteiger partial charge in [0.1, 0.15) is 0 Å². The summed E-state index contributed by atoms with van der Waals surface area (Å²) in [5.74, 6) is 0.706. The van der Waals surface area contributed by atoms with E-state index in [1.807, 2.05) is 0 Å². The monoisotopic (exact) mass is 225 g/mol. The molecule has 0 saturated heterocycles. The number of halogens is 1. The third kappa shape index (κ3) is 1.24. The average molecular weight is 226 g/mol. The predicted molar refractivity (Wildman–Crippen MR) is 55.7 cm³/mol. The van der Waals surface area contributed by atoms with Crippen LogP contribution in [0.4, 0.5) is 5.69 Å². The summed E-state index contributed by atoms with van der Waals surface area (Å²) < 4.78 is 1.18. The van der Waals surface area contributed by atoms with E-state index in [1.165, 1.54) is 22.1 Å². The van der Waals surface area contributed by atoms with Crippen molar-refractivity contribution in [1.82, 2.24) is 0 Å². The molecule has 2 heteroatoms. The maximum Gasteiger partial charge on any atom is 0.0377 e. The molecule has 0 amide bonds. The summed E-state index contributed by atoms with van der Waals surface area (Å²) in [5.41, 5.74) is 2.77. The molecule has 0 radical (unpaired) electrons. The molecule has 12 heavy (non-hydrogen) atoms. The summed E-state index contributed by atoms with van der Waals surface area (Å²) >= 11 is 3.49. The quantitative estimate of drug-likeness (QED) is 0.774. The minimum atomic E-state index is 0.706. The lowest BCUT2D eigenvalue weighted by molar-refractivity contribution is 0.727. The van der Waals surface area contributed by atoms with E-state index in [2.05, 4.69) is 46.4 Å². The Bertz CT molecular complexity index is 296. The second kappa shape index (κ2) is 3.09. The third-order valence-corrected chi connectivity index (χ3v) is 2.98. The molecular weight excluding hydrogens is 214 g/mol. The van der Waals surface area contributed by atoms with Crippen molar-refractivity contribution >= 4 is 21.6 Å². The van der Waals surface area contributed by atoms with Crippen LogP contribution in [-0.2, 0) is 0 Å². The molecule has 0 aromatic heterocycles. The summed E-state index contributed by atoms with van der Waals surface area (Å²) in [4.78, 5) is 0. The maximum absolute atomic E-state index is 3.49. The first-order valence-electron chi connectivity index (χ1n) is 4.34. The van der Waals surface area contributed by atoms with Crippen LogP contribution in [0.2, 0.25) is 0 Å². The minimum Gasteiger partial charge on any atom is -0.384 e. The number of nitrogens with one attached hydrogen (secondary N) is 1. The number of fused-ring (bicyclic) bond motifs is 1. The molecule has 0 spiro atoms. The smallest absolute Gasteiger partial charge is 0.0377 e. The Morgan fingerprint density at radius 3 is 3.17 bits per heavy atom.